The van der Waals surface area contributed by atoms with Crippen molar-refractivity contribution in [3.63, 3.8) is 0 Å². The molecule has 10 rings (SSSR count). The van der Waals surface area contributed by atoms with Gasteiger partial charge in [-0.05, 0) is 117 Å². The van der Waals surface area contributed by atoms with Crippen LogP contribution in [0.5, 0.6) is 34.5 Å². The summed E-state index contributed by atoms with van der Waals surface area (Å²) in [6.45, 7) is 11.9. The zero-order chi connectivity index (χ0) is 51.2. The number of aryl methyl sites for hydroxylation is 2. The number of benzene rings is 4. The van der Waals surface area contributed by atoms with Gasteiger partial charge in [0.15, 0.2) is 23.0 Å². The number of imidazole rings is 2. The molecule has 0 unspecified atom stereocenters. The van der Waals surface area contributed by atoms with Crippen LogP contribution >= 0.6 is 0 Å². The number of hydrogen-bond donors (Lipinski definition) is 0. The van der Waals surface area contributed by atoms with E-state index in [0.29, 0.717) is 37.7 Å². The van der Waals surface area contributed by atoms with Gasteiger partial charge in [0.1, 0.15) is 23.1 Å². The number of amides is 2. The molecule has 0 saturated carbocycles. The minimum Gasteiger partial charge on any atom is -0.494 e. The van der Waals surface area contributed by atoms with Gasteiger partial charge < -0.3 is 28.7 Å². The van der Waals surface area contributed by atoms with Crippen LogP contribution < -0.4 is 18.9 Å². The van der Waals surface area contributed by atoms with Crippen molar-refractivity contribution in [1.82, 2.24) is 38.5 Å². The number of methoxy groups -OCH3 is 2. The number of carbonyl (C=O) groups is 2. The summed E-state index contributed by atoms with van der Waals surface area (Å²) in [5.41, 5.74) is 7.23. The molecular formula is C57H54F2N8O6. The first-order valence-corrected chi connectivity index (χ1v) is 24.1. The molecule has 2 fully saturated rings. The lowest BCUT2D eigenvalue weighted by atomic mass is 10.1. The first-order chi connectivity index (χ1) is 35.6. The van der Waals surface area contributed by atoms with E-state index < -0.39 is 11.6 Å². The Morgan fingerprint density at radius 2 is 1.11 bits per heavy atom. The predicted molar refractivity (Wildman–Crippen MR) is 273 cm³/mol. The summed E-state index contributed by atoms with van der Waals surface area (Å²) in [6, 6.07) is 24.4. The van der Waals surface area contributed by atoms with E-state index in [1.807, 2.05) is 41.6 Å². The summed E-state index contributed by atoms with van der Waals surface area (Å²) in [4.78, 5) is 47.4. The molecule has 0 spiro atoms. The van der Waals surface area contributed by atoms with Gasteiger partial charge in [-0.15, -0.1) is 0 Å². The third kappa shape index (κ3) is 10.0. The fraction of sp³-hybridized carbons (Fsp3) is 0.263. The molecule has 2 amide bonds. The normalized spacial score (nSPS) is 15.1. The first kappa shape index (κ1) is 49.4. The van der Waals surface area contributed by atoms with Crippen LogP contribution in [-0.2, 0) is 22.4 Å². The van der Waals surface area contributed by atoms with Crippen molar-refractivity contribution in [2.24, 2.45) is 0 Å². The summed E-state index contributed by atoms with van der Waals surface area (Å²) in [6.07, 6.45) is 12.0. The quantitative estimate of drug-likeness (QED) is 0.0811. The Bertz CT molecular complexity index is 3400. The summed E-state index contributed by atoms with van der Waals surface area (Å²) in [5.74, 6) is 7.47. The molecule has 16 heteroatoms. The van der Waals surface area contributed by atoms with Gasteiger partial charge >= 0.3 is 0 Å². The predicted octanol–water partition coefficient (Wildman–Crippen LogP) is 10.6. The van der Waals surface area contributed by atoms with Crippen LogP contribution in [0.1, 0.15) is 68.5 Å². The van der Waals surface area contributed by atoms with Crippen LogP contribution in [0.2, 0.25) is 0 Å². The number of hydrogen-bond acceptors (Lipinski definition) is 10. The van der Waals surface area contributed by atoms with Crippen LogP contribution in [0, 0.1) is 23.5 Å². The van der Waals surface area contributed by atoms with E-state index in [1.54, 1.807) is 84.9 Å². The summed E-state index contributed by atoms with van der Waals surface area (Å²) < 4.78 is 54.9. The van der Waals surface area contributed by atoms with Gasteiger partial charge in [0, 0.05) is 73.9 Å². The van der Waals surface area contributed by atoms with Crippen molar-refractivity contribution in [3.8, 4) is 68.9 Å². The first-order valence-electron chi connectivity index (χ1n) is 24.1. The third-order valence-electron chi connectivity index (χ3n) is 13.1. The van der Waals surface area contributed by atoms with Crippen molar-refractivity contribution in [1.29, 1.82) is 0 Å². The summed E-state index contributed by atoms with van der Waals surface area (Å²) in [7, 11) is 2.83. The van der Waals surface area contributed by atoms with Crippen LogP contribution in [0.3, 0.4) is 0 Å². The molecule has 6 heterocycles. The molecule has 0 bridgehead atoms. The minimum absolute atomic E-state index is 0.0578. The fourth-order valence-corrected chi connectivity index (χ4v) is 9.46. The number of carbonyl (C=O) groups excluding carboxylic acids is 2. The molecule has 2 aliphatic rings. The lowest BCUT2D eigenvalue weighted by Gasteiger charge is -2.13. The van der Waals surface area contributed by atoms with Gasteiger partial charge in [-0.2, -0.15) is 8.78 Å². The molecule has 2 saturated heterocycles. The zero-order valence-corrected chi connectivity index (χ0v) is 41.3. The van der Waals surface area contributed by atoms with Gasteiger partial charge in [-0.3, -0.25) is 28.4 Å². The second-order valence-corrected chi connectivity index (χ2v) is 17.4. The van der Waals surface area contributed by atoms with E-state index in [-0.39, 0.29) is 46.6 Å². The molecule has 14 nitrogen and oxygen atoms in total. The smallest absolute Gasteiger partial charge is 0.298 e. The molecule has 0 aliphatic carbocycles. The van der Waals surface area contributed by atoms with Crippen LogP contribution in [0.4, 0.5) is 8.78 Å². The van der Waals surface area contributed by atoms with Crippen molar-refractivity contribution >= 4 is 22.8 Å². The maximum Gasteiger partial charge on any atom is 0.298 e. The van der Waals surface area contributed by atoms with Crippen molar-refractivity contribution < 1.29 is 37.3 Å². The highest BCUT2D eigenvalue weighted by atomic mass is 19.1. The Kier molecular flexibility index (Phi) is 14.8. The van der Waals surface area contributed by atoms with Crippen LogP contribution in [-0.4, -0.2) is 90.8 Å². The molecule has 0 radical (unpaired) electrons. The van der Waals surface area contributed by atoms with Gasteiger partial charge in [0.2, 0.25) is 17.5 Å². The Labute approximate surface area is 421 Å². The van der Waals surface area contributed by atoms with Gasteiger partial charge in [-0.1, -0.05) is 38.5 Å². The van der Waals surface area contributed by atoms with E-state index in [4.69, 9.17) is 28.9 Å². The highest BCUT2D eigenvalue weighted by Crippen LogP contribution is 2.38. The Morgan fingerprint density at radius 3 is 1.53 bits per heavy atom. The lowest BCUT2D eigenvalue weighted by molar-refractivity contribution is -0.125. The topological polar surface area (TPSA) is 138 Å². The molecule has 4 aromatic carbocycles. The highest BCUT2D eigenvalue weighted by molar-refractivity contribution is 5.93. The molecule has 4 aromatic heterocycles. The monoisotopic (exact) mass is 984 g/mol. The Balaban J connectivity index is 0.000000180. The number of rotatable bonds is 13. The average Bonchev–Trinajstić information content (AvgIpc) is 4.26. The fourth-order valence-electron chi connectivity index (χ4n) is 9.46. The number of halogens is 2. The highest BCUT2D eigenvalue weighted by Gasteiger charge is 2.32. The van der Waals surface area contributed by atoms with Crippen LogP contribution in [0.15, 0.2) is 122 Å². The van der Waals surface area contributed by atoms with Crippen molar-refractivity contribution in [2.75, 3.05) is 40.4 Å². The average molecular weight is 985 g/mol. The van der Waals surface area contributed by atoms with Crippen LogP contribution in [0.25, 0.3) is 33.5 Å². The second-order valence-electron chi connectivity index (χ2n) is 17.4. The zero-order valence-electron chi connectivity index (χ0n) is 41.3. The standard InChI is InChI=1S/C29H27FN4O3.C28H27FN4O3/c1-4-7-25(35)33-16-14-20(18-33)29-32-27(28-22(5-2)31-15-17-34(28)29)19-10-12-21(13-11-19)37-24-9-6-8-23(36-3)26(24)30;1-4-21-27-26(18-9-11-20(12-10-18)36-23-8-6-7-22(35-3)25(23)29)31-28(33(27)16-14-30-21)19-13-15-32(17-19)24(34)5-2/h6,8-13,15,17,20H,5,14,16,18H2,1-3H3;5-12,14,16,19H,2,4,13,15,17H2,1,3H3/t20-;19-/m11/s1. The third-order valence-corrected chi connectivity index (χ3v) is 13.1. The molecule has 0 N–H and O–H groups in total. The van der Waals surface area contributed by atoms with Crippen molar-refractivity contribution in [2.45, 2.75) is 58.3 Å². The van der Waals surface area contributed by atoms with E-state index in [2.05, 4.69) is 51.0 Å². The maximum atomic E-state index is 14.5. The van der Waals surface area contributed by atoms with Gasteiger partial charge in [-0.25, -0.2) is 9.97 Å². The van der Waals surface area contributed by atoms with Crippen molar-refractivity contribution in [3.05, 3.63) is 157 Å². The van der Waals surface area contributed by atoms with Gasteiger partial charge in [0.05, 0.1) is 48.0 Å². The maximum absolute atomic E-state index is 14.5. The molecular weight excluding hydrogens is 931 g/mol. The largest absolute Gasteiger partial charge is 0.494 e. The molecule has 2 aliphatic heterocycles. The molecule has 8 aromatic rings. The lowest BCUT2D eigenvalue weighted by Crippen LogP contribution is -2.27. The summed E-state index contributed by atoms with van der Waals surface area (Å²) in [5, 5.41) is 0. The number of fused-ring (bicyclic) bond motifs is 2. The molecule has 372 valence electrons. The Morgan fingerprint density at radius 1 is 0.671 bits per heavy atom. The Hall–Kier alpha value is -8.58. The van der Waals surface area contributed by atoms with E-state index in [1.165, 1.54) is 20.3 Å². The SMILES string of the molecule is C=CC(=O)N1CC[C@@H](c2nc(-c3ccc(Oc4cccc(OC)c4F)cc3)c3c(CC)nccn23)C1.CC#CC(=O)N1CC[C@@H](c2nc(-c3ccc(Oc4cccc(OC)c4F)cc3)c3c(CC)nccn23)C1. The van der Waals surface area contributed by atoms with E-state index in [9.17, 15) is 18.4 Å². The number of ether oxygens (including phenoxy) is 4. The van der Waals surface area contributed by atoms with E-state index in [0.717, 1.165) is 82.3 Å². The molecule has 2 atom stereocenters. The second kappa shape index (κ2) is 21.8. The number of nitrogens with zero attached hydrogens (tertiary/aromatic N) is 8. The summed E-state index contributed by atoms with van der Waals surface area (Å²) >= 11 is 0. The van der Waals surface area contributed by atoms with E-state index >= 15 is 0 Å². The number of likely N-dealkylation sites (tertiary alicyclic amines) is 2. The minimum atomic E-state index is -0.550. The molecule has 73 heavy (non-hydrogen) atoms. The van der Waals surface area contributed by atoms with Gasteiger partial charge in [0.25, 0.3) is 5.91 Å². The number of aromatic nitrogens is 6.